The largest absolute Gasteiger partial charge is 0.490 e. The molecule has 3 saturated carbocycles. The van der Waals surface area contributed by atoms with Gasteiger partial charge >= 0.3 is 0 Å². The van der Waals surface area contributed by atoms with E-state index in [1.807, 2.05) is 72.8 Å². The maximum absolute atomic E-state index is 14.7. The molecule has 7 atom stereocenters. The van der Waals surface area contributed by atoms with Gasteiger partial charge in [-0.05, 0) is 145 Å². The predicted octanol–water partition coefficient (Wildman–Crippen LogP) is 10.1. The van der Waals surface area contributed by atoms with E-state index in [4.69, 9.17) is 45.3 Å². The van der Waals surface area contributed by atoms with Gasteiger partial charge in [-0.3, -0.25) is 24.2 Å². The Morgan fingerprint density at radius 2 is 1.27 bits per heavy atom. The summed E-state index contributed by atoms with van der Waals surface area (Å²) in [4.78, 5) is 58.7. The first-order valence-electron chi connectivity index (χ1n) is 32.3. The van der Waals surface area contributed by atoms with E-state index in [1.165, 1.54) is 12.0 Å². The number of nitrogens with zero attached hydrogens (tertiary/aromatic N) is 3. The van der Waals surface area contributed by atoms with E-state index in [2.05, 4.69) is 31.2 Å². The lowest BCUT2D eigenvalue weighted by Crippen LogP contribution is -2.52. The van der Waals surface area contributed by atoms with Crippen molar-refractivity contribution >= 4 is 40.8 Å². The van der Waals surface area contributed by atoms with Crippen molar-refractivity contribution in [3.63, 3.8) is 0 Å². The second kappa shape index (κ2) is 31.2. The summed E-state index contributed by atoms with van der Waals surface area (Å²) in [5, 5.41) is 11.3. The summed E-state index contributed by atoms with van der Waals surface area (Å²) >= 11 is 0. The van der Waals surface area contributed by atoms with Crippen molar-refractivity contribution in [1.82, 2.24) is 20.2 Å². The molecule has 3 aromatic heterocycles. The Kier molecular flexibility index (Phi) is 22.2. The van der Waals surface area contributed by atoms with Gasteiger partial charge in [-0.2, -0.15) is 0 Å². The lowest BCUT2D eigenvalue weighted by Gasteiger charge is -2.35. The monoisotopic (exact) mass is 1310 g/mol. The van der Waals surface area contributed by atoms with E-state index < -0.39 is 42.9 Å². The van der Waals surface area contributed by atoms with E-state index in [0.29, 0.717) is 66.0 Å². The fourth-order valence-corrected chi connectivity index (χ4v) is 11.7. The number of amides is 4. The molecule has 2 unspecified atom stereocenters. The van der Waals surface area contributed by atoms with Crippen LogP contribution in [0.1, 0.15) is 79.7 Å². The molecule has 6 aliphatic rings. The number of carbonyl (C=O) groups excluding carboxylic acids is 4. The van der Waals surface area contributed by atoms with Crippen LogP contribution < -0.4 is 52.7 Å². The number of hydrogen-bond donors (Lipinski definition) is 7. The molecule has 95 heavy (non-hydrogen) atoms. The van der Waals surface area contributed by atoms with Gasteiger partial charge in [-0.15, -0.1) is 0 Å². The van der Waals surface area contributed by atoms with Crippen LogP contribution in [0.5, 0.6) is 17.2 Å². The number of furan rings is 1. The van der Waals surface area contributed by atoms with Crippen LogP contribution in [0.4, 0.5) is 34.8 Å². The zero-order valence-electron chi connectivity index (χ0n) is 52.8. The molecule has 0 radical (unpaired) electrons. The van der Waals surface area contributed by atoms with E-state index in [-0.39, 0.29) is 86.6 Å². The molecule has 3 aliphatic carbocycles. The number of methoxy groups -OCH3 is 1. The second-order valence-corrected chi connectivity index (χ2v) is 24.6. The number of anilines is 3. The molecule has 7 aromatic rings. The first-order chi connectivity index (χ1) is 46.1. The quantitative estimate of drug-likeness (QED) is 0.0329. The fraction of sp³-hybridized carbons (Fsp3) is 0.408. The maximum atomic E-state index is 14.7. The lowest BCUT2D eigenvalue weighted by molar-refractivity contribution is -0.139. The van der Waals surface area contributed by atoms with E-state index in [0.717, 1.165) is 95.8 Å². The summed E-state index contributed by atoms with van der Waals surface area (Å²) in [5.74, 6) is -0.768. The van der Waals surface area contributed by atoms with Crippen molar-refractivity contribution in [2.45, 2.75) is 113 Å². The van der Waals surface area contributed by atoms with Crippen molar-refractivity contribution in [2.24, 2.45) is 35.0 Å². The predicted molar refractivity (Wildman–Crippen MR) is 350 cm³/mol. The number of nitrogens with two attached hydrogens (primary N) is 3. The highest BCUT2D eigenvalue weighted by Crippen LogP contribution is 2.48. The third kappa shape index (κ3) is 17.8. The summed E-state index contributed by atoms with van der Waals surface area (Å²) in [6, 6.07) is 35.1. The van der Waals surface area contributed by atoms with Crippen LogP contribution in [0, 0.1) is 17.8 Å². The van der Waals surface area contributed by atoms with Gasteiger partial charge in [-0.1, -0.05) is 24.3 Å². The third-order valence-electron chi connectivity index (χ3n) is 17.5. The van der Waals surface area contributed by atoms with Crippen LogP contribution in [0.3, 0.4) is 0 Å². The summed E-state index contributed by atoms with van der Waals surface area (Å²) in [6.45, 7) is 2.58. The minimum absolute atomic E-state index is 0.0245. The van der Waals surface area contributed by atoms with Crippen LogP contribution in [-0.4, -0.2) is 128 Å². The zero-order valence-corrected chi connectivity index (χ0v) is 52.8. The number of nitrogens with one attached hydrogen (secondary N) is 4. The molecule has 10 N–H and O–H groups in total. The minimum atomic E-state index is -2.93. The molecule has 502 valence electrons. The van der Waals surface area contributed by atoms with Crippen molar-refractivity contribution < 1.29 is 64.8 Å². The Morgan fingerprint density at radius 3 is 1.93 bits per heavy atom. The molecular formula is C71H80F4N10O10. The average molecular weight is 1310 g/mol. The number of hydrogen-bond acceptors (Lipinski definition) is 16. The third-order valence-corrected chi connectivity index (χ3v) is 17.5. The number of pyridine rings is 2. The Balaban J connectivity index is 0.000000145. The highest BCUT2D eigenvalue weighted by Gasteiger charge is 2.47. The molecule has 4 aromatic carbocycles. The first kappa shape index (κ1) is 67.6. The standard InChI is InChI=1S/C25H29F2N3O4.C25H27N3O4.C21H24F2N4O2/c1-33-14-24(31)30-8-7-23(21(27)13-30)34-22-6-5-16(9-17(22)12-28)15-3-2-4-18(10-15)29-25(32)19-11-20(19)26;26-15-18-12-16(3-4-22(18)32-19-6-10-30-11-7-19)17-5-8-27-24(13-17)28-25(29)21-14-20(21)23-2-1-9-31-23;22-21(23)12-25-7-6-19(21)29-18-4-3-14(9-15(18)11-24)17-10-16(5-8-26-17)27-20(28)13-1-2-13/h2-6,9-10,19-21,23H,7-8,11-14,28H2,1H3,(H,29,32);1-5,8-9,12-13,19-21H,6-7,10-11,14-15,26H2,(H,27,28,29);3-5,8-10,13,19,25H,1-2,6-7,11-12,24H2,(H,26,27,28)/t19-,20-,21+,23-;;19-/m0.0/s1. The summed E-state index contributed by atoms with van der Waals surface area (Å²) in [7, 11) is 1.43. The van der Waals surface area contributed by atoms with E-state index in [1.54, 1.807) is 61.1 Å². The summed E-state index contributed by atoms with van der Waals surface area (Å²) < 4.78 is 89.5. The topological polar surface area (TPSA) is 283 Å². The summed E-state index contributed by atoms with van der Waals surface area (Å²) in [5.41, 5.74) is 26.5. The number of likely N-dealkylation sites (tertiary alicyclic amines) is 1. The van der Waals surface area contributed by atoms with Crippen LogP contribution in [0.2, 0.25) is 0 Å². The highest BCUT2D eigenvalue weighted by atomic mass is 19.3. The number of halogens is 4. The Bertz CT molecular complexity index is 3800. The number of piperidine rings is 2. The Morgan fingerprint density at radius 1 is 0.642 bits per heavy atom. The van der Waals surface area contributed by atoms with Gasteiger partial charge in [0.1, 0.15) is 53.8 Å². The molecule has 13 rings (SSSR count). The van der Waals surface area contributed by atoms with E-state index >= 15 is 0 Å². The van der Waals surface area contributed by atoms with Crippen molar-refractivity contribution in [1.29, 1.82) is 0 Å². The molecular weight excluding hydrogens is 1230 g/mol. The summed E-state index contributed by atoms with van der Waals surface area (Å²) in [6.07, 6.45) is 6.21. The minimum Gasteiger partial charge on any atom is -0.490 e. The molecule has 24 heteroatoms. The number of ether oxygens (including phenoxy) is 5. The average Bonchev–Trinajstić information content (AvgIpc) is 1.70. The normalized spacial score (nSPS) is 21.9. The molecule has 20 nitrogen and oxygen atoms in total. The van der Waals surface area contributed by atoms with Crippen LogP contribution in [-0.2, 0) is 48.3 Å². The molecule has 6 heterocycles. The molecule has 6 fully saturated rings. The van der Waals surface area contributed by atoms with Gasteiger partial charge in [0, 0.05) is 123 Å². The van der Waals surface area contributed by atoms with Gasteiger partial charge in [0.15, 0.2) is 12.3 Å². The smallest absolute Gasteiger partial charge is 0.296 e. The van der Waals surface area contributed by atoms with Crippen molar-refractivity contribution in [2.75, 3.05) is 69.1 Å². The number of alkyl halides is 4. The Hall–Kier alpha value is -8.78. The lowest BCUT2D eigenvalue weighted by atomic mass is 10.0. The number of benzene rings is 4. The number of aromatic nitrogens is 2. The molecule has 3 saturated heterocycles. The fourth-order valence-electron chi connectivity index (χ4n) is 11.7. The van der Waals surface area contributed by atoms with Crippen LogP contribution in [0.25, 0.3) is 33.5 Å². The molecule has 0 spiro atoms. The van der Waals surface area contributed by atoms with Gasteiger partial charge in [0.25, 0.3) is 5.92 Å². The number of rotatable bonds is 21. The molecule has 3 aliphatic heterocycles. The van der Waals surface area contributed by atoms with Gasteiger partial charge in [0.2, 0.25) is 23.6 Å². The Labute approximate surface area is 548 Å². The molecule has 0 bridgehead atoms. The number of carbonyl (C=O) groups is 4. The maximum Gasteiger partial charge on any atom is 0.296 e. The molecule has 4 amide bonds. The van der Waals surface area contributed by atoms with Crippen molar-refractivity contribution in [3.8, 4) is 50.8 Å². The van der Waals surface area contributed by atoms with Gasteiger partial charge in [0.05, 0.1) is 44.2 Å². The second-order valence-electron chi connectivity index (χ2n) is 24.6. The van der Waals surface area contributed by atoms with E-state index in [9.17, 15) is 36.7 Å². The van der Waals surface area contributed by atoms with Gasteiger partial charge in [-0.25, -0.2) is 22.5 Å². The first-order valence-corrected chi connectivity index (χ1v) is 32.3. The van der Waals surface area contributed by atoms with Gasteiger partial charge < -0.3 is 71.5 Å². The van der Waals surface area contributed by atoms with Crippen LogP contribution in [0.15, 0.2) is 138 Å². The van der Waals surface area contributed by atoms with Crippen LogP contribution >= 0.6 is 0 Å². The SMILES string of the molecule is COCC(=O)N1CC[C@H](Oc2ccc(-c3cccc(NC(=O)[C@H]4C[C@@H]4F)c3)cc2CN)[C@H](F)C1.NCc1cc(-c2cc(NC(=O)C3CC3)ccn2)ccc1O[C@H]1CCNCC1(F)F.NCc1cc(-c2ccnc(NC(=O)C3CC3c3ccco3)c2)ccc1OC1CCOCC1. The zero-order chi connectivity index (χ0) is 66.6. The highest BCUT2D eigenvalue weighted by molar-refractivity contribution is 5.96. The van der Waals surface area contributed by atoms with Crippen molar-refractivity contribution in [3.05, 3.63) is 156 Å².